The summed E-state index contributed by atoms with van der Waals surface area (Å²) in [4.78, 5) is 5.80. The summed E-state index contributed by atoms with van der Waals surface area (Å²) in [6.07, 6.45) is 1.82. The van der Waals surface area contributed by atoms with Crippen molar-refractivity contribution in [3.05, 3.63) is 29.6 Å². The summed E-state index contributed by atoms with van der Waals surface area (Å²) in [7, 11) is 0. The molecule has 116 valence electrons. The van der Waals surface area contributed by atoms with Gasteiger partial charge in [-0.05, 0) is 37.3 Å². The first-order chi connectivity index (χ1) is 9.99. The number of hydrogen-bond donors (Lipinski definition) is 1. The summed E-state index contributed by atoms with van der Waals surface area (Å²) < 4.78 is 37.7. The molecule has 1 N–H and O–H groups in total. The Morgan fingerprint density at radius 1 is 1.19 bits per heavy atom. The maximum absolute atomic E-state index is 12.6. The van der Waals surface area contributed by atoms with Crippen LogP contribution in [-0.2, 0) is 13.1 Å². The van der Waals surface area contributed by atoms with Crippen LogP contribution in [0.15, 0.2) is 18.3 Å². The van der Waals surface area contributed by atoms with Gasteiger partial charge in [0, 0.05) is 31.4 Å². The van der Waals surface area contributed by atoms with Gasteiger partial charge in [0.05, 0.1) is 12.2 Å². The number of nitrogens with one attached hydrogen (secondary N) is 1. The normalized spacial score (nSPS) is 19.2. The van der Waals surface area contributed by atoms with E-state index in [0.717, 1.165) is 24.9 Å². The minimum Gasteiger partial charge on any atom is -0.310 e. The van der Waals surface area contributed by atoms with E-state index in [1.807, 2.05) is 12.1 Å². The molecule has 1 heterocycles. The summed E-state index contributed by atoms with van der Waals surface area (Å²) >= 11 is 0. The fourth-order valence-corrected chi connectivity index (χ4v) is 2.40. The highest BCUT2D eigenvalue weighted by molar-refractivity contribution is 5.14. The van der Waals surface area contributed by atoms with E-state index in [2.05, 4.69) is 10.3 Å². The first-order valence-corrected chi connectivity index (χ1v) is 7.47. The number of aromatic nitrogens is 1. The lowest BCUT2D eigenvalue weighted by Crippen LogP contribution is -2.35. The molecule has 0 saturated heterocycles. The van der Waals surface area contributed by atoms with Crippen molar-refractivity contribution >= 4 is 0 Å². The van der Waals surface area contributed by atoms with Crippen LogP contribution in [0.2, 0.25) is 0 Å². The quantitative estimate of drug-likeness (QED) is 0.839. The number of rotatable bonds is 7. The molecule has 2 fully saturated rings. The molecule has 0 aliphatic heterocycles. The molecule has 2 aliphatic carbocycles. The third kappa shape index (κ3) is 4.97. The molecule has 0 amide bonds. The first-order valence-electron chi connectivity index (χ1n) is 7.47. The maximum Gasteiger partial charge on any atom is 0.401 e. The molecule has 21 heavy (non-hydrogen) atoms. The molecule has 0 spiro atoms. The van der Waals surface area contributed by atoms with Crippen molar-refractivity contribution in [2.24, 2.45) is 0 Å². The third-order valence-electron chi connectivity index (χ3n) is 3.87. The average Bonchev–Trinajstić information content (AvgIpc) is 3.26. The Bertz CT molecular complexity index is 464. The van der Waals surface area contributed by atoms with Crippen molar-refractivity contribution in [3.63, 3.8) is 0 Å². The predicted octanol–water partition coefficient (Wildman–Crippen LogP) is 2.86. The van der Waals surface area contributed by atoms with Gasteiger partial charge in [-0.3, -0.25) is 9.88 Å². The van der Waals surface area contributed by atoms with Crippen molar-refractivity contribution in [3.8, 4) is 0 Å². The third-order valence-corrected chi connectivity index (χ3v) is 3.87. The number of halogens is 3. The van der Waals surface area contributed by atoms with E-state index in [1.165, 1.54) is 17.7 Å². The van der Waals surface area contributed by atoms with Gasteiger partial charge in [0.1, 0.15) is 0 Å². The van der Waals surface area contributed by atoms with Crippen molar-refractivity contribution in [1.29, 1.82) is 0 Å². The zero-order valence-corrected chi connectivity index (χ0v) is 11.9. The maximum atomic E-state index is 12.6. The topological polar surface area (TPSA) is 28.2 Å². The monoisotopic (exact) mass is 299 g/mol. The number of pyridine rings is 1. The molecule has 6 heteroatoms. The molecule has 3 nitrogen and oxygen atoms in total. The van der Waals surface area contributed by atoms with Gasteiger partial charge in [-0.2, -0.15) is 13.2 Å². The van der Waals surface area contributed by atoms with Crippen molar-refractivity contribution in [2.75, 3.05) is 6.54 Å². The standard InChI is InChI=1S/C15H20F3N3/c16-15(17,18)10-21(14-5-6-14)9-13-2-1-11(8-20-13)7-19-12-3-4-12/h1-2,8,12,14,19H,3-7,9-10H2. The van der Waals surface area contributed by atoms with Crippen molar-refractivity contribution in [2.45, 2.75) is 57.0 Å². The van der Waals surface area contributed by atoms with Gasteiger partial charge in [0.25, 0.3) is 0 Å². The SMILES string of the molecule is FC(F)(F)CN(Cc1ccc(CNC2CC2)cn1)C1CC1. The minimum atomic E-state index is -4.14. The van der Waals surface area contributed by atoms with Crippen LogP contribution >= 0.6 is 0 Å². The Balaban J connectivity index is 1.54. The summed E-state index contributed by atoms with van der Waals surface area (Å²) in [5, 5.41) is 3.39. The molecule has 3 rings (SSSR count). The van der Waals surface area contributed by atoms with Gasteiger partial charge in [-0.15, -0.1) is 0 Å². The van der Waals surface area contributed by atoms with E-state index in [9.17, 15) is 13.2 Å². The van der Waals surface area contributed by atoms with Gasteiger partial charge < -0.3 is 5.32 Å². The molecule has 2 saturated carbocycles. The fourth-order valence-electron chi connectivity index (χ4n) is 2.40. The van der Waals surface area contributed by atoms with E-state index in [0.29, 0.717) is 11.7 Å². The van der Waals surface area contributed by atoms with E-state index >= 15 is 0 Å². The average molecular weight is 299 g/mol. The van der Waals surface area contributed by atoms with Gasteiger partial charge >= 0.3 is 6.18 Å². The largest absolute Gasteiger partial charge is 0.401 e. The second-order valence-corrected chi connectivity index (χ2v) is 6.06. The minimum absolute atomic E-state index is 0.0737. The smallest absolute Gasteiger partial charge is 0.310 e. The molecule has 0 atom stereocenters. The van der Waals surface area contributed by atoms with Crippen LogP contribution in [0.4, 0.5) is 13.2 Å². The van der Waals surface area contributed by atoms with Crippen LogP contribution < -0.4 is 5.32 Å². The van der Waals surface area contributed by atoms with Crippen molar-refractivity contribution in [1.82, 2.24) is 15.2 Å². The van der Waals surface area contributed by atoms with Gasteiger partial charge in [0.2, 0.25) is 0 Å². The highest BCUT2D eigenvalue weighted by Gasteiger charge is 2.38. The van der Waals surface area contributed by atoms with Crippen molar-refractivity contribution < 1.29 is 13.2 Å². The van der Waals surface area contributed by atoms with Crippen LogP contribution in [0.25, 0.3) is 0 Å². The molecule has 1 aromatic heterocycles. The lowest BCUT2D eigenvalue weighted by atomic mass is 10.2. The van der Waals surface area contributed by atoms with Crippen LogP contribution in [0.5, 0.6) is 0 Å². The summed E-state index contributed by atoms with van der Waals surface area (Å²) in [5.74, 6) is 0. The highest BCUT2D eigenvalue weighted by Crippen LogP contribution is 2.31. The van der Waals surface area contributed by atoms with E-state index in [-0.39, 0.29) is 12.6 Å². The molecule has 0 aromatic carbocycles. The molecular formula is C15H20F3N3. The first kappa shape index (κ1) is 14.8. The van der Waals surface area contributed by atoms with Gasteiger partial charge in [-0.1, -0.05) is 6.07 Å². The summed E-state index contributed by atoms with van der Waals surface area (Å²) in [6.45, 7) is 0.220. The lowest BCUT2D eigenvalue weighted by molar-refractivity contribution is -0.148. The highest BCUT2D eigenvalue weighted by atomic mass is 19.4. The van der Waals surface area contributed by atoms with Crippen LogP contribution in [0.3, 0.4) is 0 Å². The molecular weight excluding hydrogens is 279 g/mol. The Labute approximate surface area is 122 Å². The zero-order valence-electron chi connectivity index (χ0n) is 11.9. The van der Waals surface area contributed by atoms with Gasteiger partial charge in [-0.25, -0.2) is 0 Å². The molecule has 2 aliphatic rings. The van der Waals surface area contributed by atoms with Crippen LogP contribution in [0.1, 0.15) is 36.9 Å². The number of nitrogens with zero attached hydrogens (tertiary/aromatic N) is 2. The zero-order chi connectivity index (χ0) is 14.9. The second kappa shape index (κ2) is 5.93. The lowest BCUT2D eigenvalue weighted by Gasteiger charge is -2.22. The Morgan fingerprint density at radius 3 is 2.48 bits per heavy atom. The molecule has 1 aromatic rings. The van der Waals surface area contributed by atoms with E-state index in [1.54, 1.807) is 6.20 Å². The Morgan fingerprint density at radius 2 is 1.95 bits per heavy atom. The Kier molecular flexibility index (Phi) is 4.17. The second-order valence-electron chi connectivity index (χ2n) is 6.06. The predicted molar refractivity (Wildman–Crippen MR) is 73.6 cm³/mol. The Hall–Kier alpha value is -1.14. The molecule has 0 radical (unpaired) electrons. The number of hydrogen-bond acceptors (Lipinski definition) is 3. The molecule has 0 bridgehead atoms. The number of alkyl halides is 3. The fraction of sp³-hybridized carbons (Fsp3) is 0.667. The summed E-state index contributed by atoms with van der Waals surface area (Å²) in [6, 6.07) is 4.51. The van der Waals surface area contributed by atoms with E-state index in [4.69, 9.17) is 0 Å². The van der Waals surface area contributed by atoms with Gasteiger partial charge in [0.15, 0.2) is 0 Å². The van der Waals surface area contributed by atoms with E-state index < -0.39 is 12.7 Å². The molecule has 0 unspecified atom stereocenters. The van der Waals surface area contributed by atoms with Crippen LogP contribution in [-0.4, -0.2) is 34.7 Å². The van der Waals surface area contributed by atoms with Crippen LogP contribution in [0, 0.1) is 0 Å². The summed E-state index contributed by atoms with van der Waals surface area (Å²) in [5.41, 5.74) is 1.79.